The molecule has 2 fully saturated rings. The third-order valence-electron chi connectivity index (χ3n) is 2.29. The van der Waals surface area contributed by atoms with Gasteiger partial charge < -0.3 is 10.6 Å². The minimum Gasteiger partial charge on any atom is -0.303 e. The second-order valence-electron chi connectivity index (χ2n) is 2.86. The fourth-order valence-corrected chi connectivity index (χ4v) is 1.67. The molecule has 0 aromatic heterocycles. The predicted molar refractivity (Wildman–Crippen MR) is 36.0 cm³/mol. The van der Waals surface area contributed by atoms with E-state index in [1.54, 1.807) is 0 Å². The fraction of sp³-hybridized carbons (Fsp3) is 1.00. The summed E-state index contributed by atoms with van der Waals surface area (Å²) >= 11 is 0. The minimum absolute atomic E-state index is 0.588. The molecule has 3 heteroatoms. The quantitative estimate of drug-likeness (QED) is 0.444. The Morgan fingerprint density at radius 1 is 1.44 bits per heavy atom. The van der Waals surface area contributed by atoms with Crippen molar-refractivity contribution >= 4 is 0 Å². The third-order valence-corrected chi connectivity index (χ3v) is 2.29. The van der Waals surface area contributed by atoms with E-state index in [2.05, 4.69) is 22.5 Å². The highest BCUT2D eigenvalue weighted by atomic mass is 15.4. The molecule has 2 rings (SSSR count). The van der Waals surface area contributed by atoms with Crippen molar-refractivity contribution in [3.63, 3.8) is 0 Å². The SMILES string of the molecule is CC1NCC2CNCN21. The van der Waals surface area contributed by atoms with Gasteiger partial charge in [-0.3, -0.25) is 4.90 Å². The summed E-state index contributed by atoms with van der Waals surface area (Å²) in [7, 11) is 0. The van der Waals surface area contributed by atoms with Gasteiger partial charge in [0.15, 0.2) is 0 Å². The molecule has 0 aromatic rings. The van der Waals surface area contributed by atoms with Crippen LogP contribution in [-0.2, 0) is 0 Å². The van der Waals surface area contributed by atoms with Crippen LogP contribution in [0.4, 0.5) is 0 Å². The summed E-state index contributed by atoms with van der Waals surface area (Å²) in [4.78, 5) is 2.46. The number of hydrogen-bond donors (Lipinski definition) is 2. The van der Waals surface area contributed by atoms with E-state index in [9.17, 15) is 0 Å². The van der Waals surface area contributed by atoms with Gasteiger partial charge in [0.25, 0.3) is 0 Å². The average Bonchev–Trinajstić information content (AvgIpc) is 2.35. The Balaban J connectivity index is 2.07. The molecule has 0 radical (unpaired) electrons. The van der Waals surface area contributed by atoms with Crippen LogP contribution in [0.25, 0.3) is 0 Å². The van der Waals surface area contributed by atoms with E-state index < -0.39 is 0 Å². The standard InChI is InChI=1S/C6H13N3/c1-5-8-3-6-2-7-4-9(5)6/h5-8H,2-4H2,1H3. The molecule has 2 saturated heterocycles. The summed E-state index contributed by atoms with van der Waals surface area (Å²) in [6.07, 6.45) is 0.588. The average molecular weight is 127 g/mol. The molecule has 0 amide bonds. The van der Waals surface area contributed by atoms with E-state index in [4.69, 9.17) is 0 Å². The molecule has 52 valence electrons. The summed E-state index contributed by atoms with van der Waals surface area (Å²) in [5.41, 5.74) is 0. The molecular formula is C6H13N3. The van der Waals surface area contributed by atoms with Gasteiger partial charge >= 0.3 is 0 Å². The van der Waals surface area contributed by atoms with Crippen LogP contribution in [0.5, 0.6) is 0 Å². The lowest BCUT2D eigenvalue weighted by atomic mass is 10.3. The highest BCUT2D eigenvalue weighted by Crippen LogP contribution is 2.12. The maximum atomic E-state index is 3.41. The largest absolute Gasteiger partial charge is 0.303 e. The van der Waals surface area contributed by atoms with Crippen LogP contribution in [0, 0.1) is 0 Å². The second-order valence-corrected chi connectivity index (χ2v) is 2.86. The van der Waals surface area contributed by atoms with Crippen LogP contribution in [-0.4, -0.2) is 36.9 Å². The first kappa shape index (κ1) is 5.65. The van der Waals surface area contributed by atoms with E-state index in [0.717, 1.165) is 25.8 Å². The summed E-state index contributed by atoms with van der Waals surface area (Å²) in [5.74, 6) is 0. The molecule has 0 bridgehead atoms. The molecule has 3 nitrogen and oxygen atoms in total. The van der Waals surface area contributed by atoms with Crippen molar-refractivity contribution in [2.24, 2.45) is 0 Å². The molecule has 2 unspecified atom stereocenters. The maximum Gasteiger partial charge on any atom is 0.0583 e. The van der Waals surface area contributed by atoms with Gasteiger partial charge in [-0.25, -0.2) is 0 Å². The van der Waals surface area contributed by atoms with Crippen LogP contribution < -0.4 is 10.6 Å². The number of rotatable bonds is 0. The number of hydrogen-bond acceptors (Lipinski definition) is 3. The molecular weight excluding hydrogens is 114 g/mol. The van der Waals surface area contributed by atoms with Gasteiger partial charge in [-0.1, -0.05) is 0 Å². The Hall–Kier alpha value is -0.120. The molecule has 0 aliphatic carbocycles. The molecule has 2 atom stereocenters. The lowest BCUT2D eigenvalue weighted by Gasteiger charge is -2.16. The molecule has 0 saturated carbocycles. The van der Waals surface area contributed by atoms with Crippen molar-refractivity contribution in [3.05, 3.63) is 0 Å². The smallest absolute Gasteiger partial charge is 0.0583 e. The molecule has 0 aromatic carbocycles. The van der Waals surface area contributed by atoms with Gasteiger partial charge in [-0.05, 0) is 6.92 Å². The molecule has 2 N–H and O–H groups in total. The van der Waals surface area contributed by atoms with Gasteiger partial charge in [0.1, 0.15) is 0 Å². The van der Waals surface area contributed by atoms with Crippen LogP contribution in [0.15, 0.2) is 0 Å². The van der Waals surface area contributed by atoms with Gasteiger partial charge in [0.2, 0.25) is 0 Å². The van der Waals surface area contributed by atoms with E-state index in [1.165, 1.54) is 0 Å². The van der Waals surface area contributed by atoms with Crippen molar-refractivity contribution in [2.75, 3.05) is 19.8 Å². The van der Waals surface area contributed by atoms with Gasteiger partial charge in [0, 0.05) is 25.8 Å². The Kier molecular flexibility index (Phi) is 1.22. The van der Waals surface area contributed by atoms with Crippen molar-refractivity contribution < 1.29 is 0 Å². The number of nitrogens with zero attached hydrogens (tertiary/aromatic N) is 1. The zero-order valence-electron chi connectivity index (χ0n) is 5.72. The monoisotopic (exact) mass is 127 g/mol. The maximum absolute atomic E-state index is 3.41. The van der Waals surface area contributed by atoms with E-state index >= 15 is 0 Å². The van der Waals surface area contributed by atoms with E-state index in [0.29, 0.717) is 6.17 Å². The summed E-state index contributed by atoms with van der Waals surface area (Å²) in [6.45, 7) is 5.61. The molecule has 2 heterocycles. The van der Waals surface area contributed by atoms with Crippen LogP contribution in [0.2, 0.25) is 0 Å². The number of nitrogens with one attached hydrogen (secondary N) is 2. The molecule has 2 aliphatic rings. The molecule has 0 spiro atoms. The van der Waals surface area contributed by atoms with Gasteiger partial charge in [0.05, 0.1) is 6.17 Å². The van der Waals surface area contributed by atoms with Crippen LogP contribution >= 0.6 is 0 Å². The normalized spacial score (nSPS) is 43.7. The first-order valence-electron chi connectivity index (χ1n) is 3.58. The zero-order chi connectivity index (χ0) is 6.27. The van der Waals surface area contributed by atoms with Gasteiger partial charge in [-0.15, -0.1) is 0 Å². The van der Waals surface area contributed by atoms with E-state index in [-0.39, 0.29) is 0 Å². The molecule has 9 heavy (non-hydrogen) atoms. The highest BCUT2D eigenvalue weighted by Gasteiger charge is 2.33. The van der Waals surface area contributed by atoms with Crippen molar-refractivity contribution in [3.8, 4) is 0 Å². The summed E-state index contributed by atoms with van der Waals surface area (Å²) in [6, 6.07) is 0.764. The molecule has 2 aliphatic heterocycles. The lowest BCUT2D eigenvalue weighted by Crippen LogP contribution is -2.34. The Bertz CT molecular complexity index is 115. The summed E-state index contributed by atoms with van der Waals surface area (Å²) < 4.78 is 0. The highest BCUT2D eigenvalue weighted by molar-refractivity contribution is 4.90. The van der Waals surface area contributed by atoms with Crippen molar-refractivity contribution in [2.45, 2.75) is 19.1 Å². The Morgan fingerprint density at radius 2 is 2.33 bits per heavy atom. The first-order valence-corrected chi connectivity index (χ1v) is 3.58. The number of fused-ring (bicyclic) bond motifs is 1. The van der Waals surface area contributed by atoms with Crippen LogP contribution in [0.3, 0.4) is 0 Å². The lowest BCUT2D eigenvalue weighted by molar-refractivity contribution is 0.252. The fourth-order valence-electron chi connectivity index (χ4n) is 1.67. The summed E-state index contributed by atoms with van der Waals surface area (Å²) in [5, 5.41) is 6.75. The third kappa shape index (κ3) is 0.764. The van der Waals surface area contributed by atoms with Gasteiger partial charge in [-0.2, -0.15) is 0 Å². The van der Waals surface area contributed by atoms with E-state index in [1.807, 2.05) is 0 Å². The second kappa shape index (κ2) is 1.94. The minimum atomic E-state index is 0.588. The predicted octanol–water partition coefficient (Wildman–Crippen LogP) is -0.833. The van der Waals surface area contributed by atoms with Crippen LogP contribution in [0.1, 0.15) is 6.92 Å². The van der Waals surface area contributed by atoms with Crippen molar-refractivity contribution in [1.29, 1.82) is 0 Å². The Morgan fingerprint density at radius 3 is 3.11 bits per heavy atom. The Labute approximate surface area is 55.4 Å². The first-order chi connectivity index (χ1) is 4.38. The van der Waals surface area contributed by atoms with Crippen molar-refractivity contribution in [1.82, 2.24) is 15.5 Å². The topological polar surface area (TPSA) is 27.3 Å². The zero-order valence-corrected chi connectivity index (χ0v) is 5.72.